The molecule has 8 heteroatoms. The summed E-state index contributed by atoms with van der Waals surface area (Å²) in [6, 6.07) is 10.6. The first-order chi connectivity index (χ1) is 12.9. The molecule has 2 aromatic rings. The quantitative estimate of drug-likeness (QED) is 0.516. The summed E-state index contributed by atoms with van der Waals surface area (Å²) < 4.78 is 38.8. The van der Waals surface area contributed by atoms with Crippen molar-refractivity contribution in [3.8, 4) is 6.07 Å². The van der Waals surface area contributed by atoms with Crippen LogP contribution in [0.5, 0.6) is 0 Å². The first-order valence-corrected chi connectivity index (χ1v) is 8.74. The van der Waals surface area contributed by atoms with Crippen LogP contribution in [0.2, 0.25) is 5.02 Å². The molecule has 0 bridgehead atoms. The number of nitrogens with zero attached hydrogens (tertiary/aromatic N) is 1. The molecule has 0 aliphatic heterocycles. The number of carbonyl (C=O) groups excluding carboxylic acids is 1. The fourth-order valence-corrected chi connectivity index (χ4v) is 2.66. The third-order valence-corrected chi connectivity index (χ3v) is 4.39. The highest BCUT2D eigenvalue weighted by atomic mass is 35.5. The zero-order valence-electron chi connectivity index (χ0n) is 15.5. The van der Waals surface area contributed by atoms with Crippen molar-refractivity contribution in [3.63, 3.8) is 0 Å². The van der Waals surface area contributed by atoms with Gasteiger partial charge in [0.05, 0.1) is 16.7 Å². The number of hydrazine groups is 1. The number of carbonyl (C=O) groups is 1. The smallest absolute Gasteiger partial charge is 0.320 e. The number of nitriles is 1. The van der Waals surface area contributed by atoms with E-state index in [-0.39, 0.29) is 11.1 Å². The van der Waals surface area contributed by atoms with E-state index < -0.39 is 28.6 Å². The molecular formula is C20H19ClF3N3O. The van der Waals surface area contributed by atoms with Crippen molar-refractivity contribution in [2.75, 3.05) is 5.43 Å². The third-order valence-electron chi connectivity index (χ3n) is 4.06. The highest BCUT2D eigenvalue weighted by molar-refractivity contribution is 6.31. The summed E-state index contributed by atoms with van der Waals surface area (Å²) in [7, 11) is 0. The third kappa shape index (κ3) is 5.24. The first kappa shape index (κ1) is 21.7. The number of ketones is 1. The molecule has 0 spiro atoms. The Hall–Kier alpha value is -2.56. The number of hydrogen-bond acceptors (Lipinski definition) is 4. The molecule has 0 aromatic heterocycles. The fourth-order valence-electron chi connectivity index (χ4n) is 2.43. The maximum absolute atomic E-state index is 12.9. The molecule has 2 rings (SSSR count). The van der Waals surface area contributed by atoms with E-state index in [4.69, 9.17) is 11.6 Å². The second-order valence-corrected chi connectivity index (χ2v) is 7.62. The maximum Gasteiger partial charge on any atom is 0.417 e. The summed E-state index contributed by atoms with van der Waals surface area (Å²) in [6.07, 6.45) is -4.62. The summed E-state index contributed by atoms with van der Waals surface area (Å²) in [5.74, 6) is -0.500. The first-order valence-electron chi connectivity index (χ1n) is 8.36. The second-order valence-electron chi connectivity index (χ2n) is 7.22. The van der Waals surface area contributed by atoms with Gasteiger partial charge in [0.15, 0.2) is 11.8 Å². The Morgan fingerprint density at radius 3 is 2.21 bits per heavy atom. The molecule has 4 nitrogen and oxygen atoms in total. The molecule has 2 aromatic carbocycles. The van der Waals surface area contributed by atoms with Crippen molar-refractivity contribution in [1.82, 2.24) is 5.43 Å². The van der Waals surface area contributed by atoms with E-state index in [0.717, 1.165) is 17.7 Å². The van der Waals surface area contributed by atoms with E-state index in [0.29, 0.717) is 5.56 Å². The van der Waals surface area contributed by atoms with Crippen LogP contribution in [-0.4, -0.2) is 11.8 Å². The van der Waals surface area contributed by atoms with E-state index in [2.05, 4.69) is 10.9 Å². The largest absolute Gasteiger partial charge is 0.417 e. The molecule has 0 heterocycles. The van der Waals surface area contributed by atoms with Gasteiger partial charge in [-0.3, -0.25) is 4.79 Å². The van der Waals surface area contributed by atoms with E-state index >= 15 is 0 Å². The van der Waals surface area contributed by atoms with E-state index in [1.54, 1.807) is 18.2 Å². The predicted molar refractivity (Wildman–Crippen MR) is 102 cm³/mol. The zero-order valence-corrected chi connectivity index (χ0v) is 16.2. The number of benzene rings is 2. The molecule has 1 unspecified atom stereocenters. The van der Waals surface area contributed by atoms with Crippen LogP contribution in [0, 0.1) is 11.3 Å². The van der Waals surface area contributed by atoms with Crippen LogP contribution >= 0.6 is 11.6 Å². The number of halogens is 4. The molecule has 0 fully saturated rings. The lowest BCUT2D eigenvalue weighted by Gasteiger charge is -2.19. The molecule has 0 saturated heterocycles. The number of rotatable bonds is 5. The molecule has 0 aliphatic carbocycles. The lowest BCUT2D eigenvalue weighted by molar-refractivity contribution is -0.137. The fraction of sp³-hybridized carbons (Fsp3) is 0.300. The Labute approximate surface area is 166 Å². The van der Waals surface area contributed by atoms with E-state index in [1.165, 1.54) is 6.07 Å². The Morgan fingerprint density at radius 1 is 1.11 bits per heavy atom. The number of alkyl halides is 3. The molecular weight excluding hydrogens is 391 g/mol. The maximum atomic E-state index is 12.9. The van der Waals surface area contributed by atoms with Crippen molar-refractivity contribution >= 4 is 23.1 Å². The van der Waals surface area contributed by atoms with Gasteiger partial charge in [-0.1, -0.05) is 56.6 Å². The van der Waals surface area contributed by atoms with Crippen molar-refractivity contribution in [2.45, 2.75) is 38.4 Å². The van der Waals surface area contributed by atoms with Gasteiger partial charge < -0.3 is 5.43 Å². The average Bonchev–Trinajstić information content (AvgIpc) is 2.61. The molecule has 0 aliphatic rings. The van der Waals surface area contributed by atoms with Crippen LogP contribution in [-0.2, 0) is 11.6 Å². The number of hydrogen-bond donors (Lipinski definition) is 2. The minimum Gasteiger partial charge on any atom is -0.320 e. The topological polar surface area (TPSA) is 64.9 Å². The Bertz CT molecular complexity index is 897. The summed E-state index contributed by atoms with van der Waals surface area (Å²) in [5, 5.41) is 8.83. The van der Waals surface area contributed by atoms with Crippen LogP contribution in [0.25, 0.3) is 0 Å². The van der Waals surface area contributed by atoms with Gasteiger partial charge in [-0.15, -0.1) is 0 Å². The van der Waals surface area contributed by atoms with Gasteiger partial charge in [0, 0.05) is 11.3 Å². The van der Waals surface area contributed by atoms with Crippen molar-refractivity contribution in [3.05, 3.63) is 64.2 Å². The Kier molecular flexibility index (Phi) is 6.37. The van der Waals surface area contributed by atoms with Crippen molar-refractivity contribution in [2.24, 2.45) is 0 Å². The molecule has 2 N–H and O–H groups in total. The highest BCUT2D eigenvalue weighted by Gasteiger charge is 2.33. The lowest BCUT2D eigenvalue weighted by atomic mass is 9.86. The van der Waals surface area contributed by atoms with Gasteiger partial charge in [-0.25, -0.2) is 5.43 Å². The van der Waals surface area contributed by atoms with Gasteiger partial charge in [-0.05, 0) is 29.2 Å². The molecule has 28 heavy (non-hydrogen) atoms. The van der Waals surface area contributed by atoms with Crippen LogP contribution < -0.4 is 10.9 Å². The minimum atomic E-state index is -4.62. The number of nitrogens with one attached hydrogen (secondary N) is 2. The Balaban J connectivity index is 2.13. The minimum absolute atomic E-state index is 0.0212. The van der Waals surface area contributed by atoms with Crippen molar-refractivity contribution in [1.29, 1.82) is 5.26 Å². The summed E-state index contributed by atoms with van der Waals surface area (Å²) >= 11 is 5.57. The second kappa shape index (κ2) is 8.21. The SMILES string of the molecule is CC(C)(C)c1ccc(C(=O)C(C#N)NNc2ccc(Cl)c(C(F)(F)F)c2)cc1. The van der Waals surface area contributed by atoms with Crippen LogP contribution in [0.3, 0.4) is 0 Å². The zero-order chi connectivity index (χ0) is 21.1. The van der Waals surface area contributed by atoms with Gasteiger partial charge in [0.1, 0.15) is 0 Å². The highest BCUT2D eigenvalue weighted by Crippen LogP contribution is 2.36. The lowest BCUT2D eigenvalue weighted by Crippen LogP contribution is -2.39. The standard InChI is InChI=1S/C20H19ClF3N3O/c1-19(2,3)13-6-4-12(5-7-13)18(28)17(11-25)27-26-14-8-9-16(21)15(10-14)20(22,23)24/h4-10,17,26-27H,1-3H3. The van der Waals surface area contributed by atoms with Gasteiger partial charge in [0.2, 0.25) is 0 Å². The van der Waals surface area contributed by atoms with Gasteiger partial charge >= 0.3 is 6.18 Å². The van der Waals surface area contributed by atoms with E-state index in [9.17, 15) is 23.2 Å². The van der Waals surface area contributed by atoms with Crippen molar-refractivity contribution < 1.29 is 18.0 Å². The summed E-state index contributed by atoms with van der Waals surface area (Å²) in [5.41, 5.74) is 5.20. The van der Waals surface area contributed by atoms with Crippen LogP contribution in [0.15, 0.2) is 42.5 Å². The molecule has 148 valence electrons. The average molecular weight is 410 g/mol. The summed E-state index contributed by atoms with van der Waals surface area (Å²) in [6.45, 7) is 6.11. The molecule has 0 radical (unpaired) electrons. The normalized spacial score (nSPS) is 12.9. The molecule has 0 amide bonds. The van der Waals surface area contributed by atoms with Gasteiger partial charge in [-0.2, -0.15) is 18.4 Å². The molecule has 1 atom stereocenters. The number of Topliss-reactive ketones (excluding diaryl/α,β-unsaturated/α-hetero) is 1. The van der Waals surface area contributed by atoms with E-state index in [1.807, 2.05) is 32.9 Å². The molecule has 0 saturated carbocycles. The van der Waals surface area contributed by atoms with Crippen LogP contribution in [0.4, 0.5) is 18.9 Å². The Morgan fingerprint density at radius 2 is 1.71 bits per heavy atom. The summed E-state index contributed by atoms with van der Waals surface area (Å²) in [4.78, 5) is 12.5. The van der Waals surface area contributed by atoms with Gasteiger partial charge in [0.25, 0.3) is 0 Å². The number of anilines is 1. The monoisotopic (exact) mass is 409 g/mol. The predicted octanol–water partition coefficient (Wildman–Crippen LogP) is 5.35. The van der Waals surface area contributed by atoms with Crippen LogP contribution in [0.1, 0.15) is 42.3 Å².